The summed E-state index contributed by atoms with van der Waals surface area (Å²) in [5.41, 5.74) is 3.66. The fraction of sp³-hybridized carbons (Fsp3) is 0.222. The number of hydrazone groups is 1. The third-order valence-corrected chi connectivity index (χ3v) is 4.71. The Balaban J connectivity index is 1.45. The highest BCUT2D eigenvalue weighted by atomic mass is 32.2. The molecule has 0 saturated heterocycles. The van der Waals surface area contributed by atoms with Crippen LogP contribution in [0.25, 0.3) is 0 Å². The molecule has 0 atom stereocenters. The number of carbonyl (C=O) groups excluding carboxylic acids is 1. The first-order valence-electron chi connectivity index (χ1n) is 8.63. The second kappa shape index (κ2) is 9.64. The van der Waals surface area contributed by atoms with Crippen LogP contribution < -0.4 is 21.3 Å². The molecule has 3 rings (SSSR count). The summed E-state index contributed by atoms with van der Waals surface area (Å²) < 4.78 is 11.7. The van der Waals surface area contributed by atoms with Gasteiger partial charge in [-0.15, -0.1) is 10.2 Å². The molecular formula is C18H21N7O3S. The molecule has 0 bridgehead atoms. The van der Waals surface area contributed by atoms with Gasteiger partial charge in [-0.2, -0.15) is 5.10 Å². The Kier molecular flexibility index (Phi) is 6.74. The Morgan fingerprint density at radius 3 is 2.79 bits per heavy atom. The van der Waals surface area contributed by atoms with Crippen molar-refractivity contribution in [2.24, 2.45) is 5.10 Å². The number of benzene rings is 1. The number of nitrogen functional groups attached to an aromatic ring is 1. The number of ether oxygens (including phenoxy) is 1. The molecule has 3 aromatic rings. The van der Waals surface area contributed by atoms with E-state index in [1.54, 1.807) is 13.2 Å². The molecule has 152 valence electrons. The SMILES string of the molecule is COc1ccc(CNC(=O)CSc2nnc(N/N=C/c3ccc(C)o3)n2N)cc1. The smallest absolute Gasteiger partial charge is 0.264 e. The number of nitrogens with two attached hydrogens (primary N) is 1. The molecule has 2 aromatic heterocycles. The highest BCUT2D eigenvalue weighted by Crippen LogP contribution is 2.16. The number of nitrogens with one attached hydrogen (secondary N) is 2. The molecule has 0 spiro atoms. The van der Waals surface area contributed by atoms with Gasteiger partial charge in [0.1, 0.15) is 17.3 Å². The minimum Gasteiger partial charge on any atom is -0.497 e. The van der Waals surface area contributed by atoms with Crippen LogP contribution in [0.3, 0.4) is 0 Å². The average molecular weight is 415 g/mol. The van der Waals surface area contributed by atoms with Crippen molar-refractivity contribution in [2.75, 3.05) is 24.1 Å². The molecular weight excluding hydrogens is 394 g/mol. The number of nitrogens with zero attached hydrogens (tertiary/aromatic N) is 4. The number of aromatic nitrogens is 3. The zero-order valence-electron chi connectivity index (χ0n) is 16.0. The lowest BCUT2D eigenvalue weighted by molar-refractivity contribution is -0.118. The van der Waals surface area contributed by atoms with Gasteiger partial charge in [-0.25, -0.2) is 10.1 Å². The summed E-state index contributed by atoms with van der Waals surface area (Å²) >= 11 is 1.17. The van der Waals surface area contributed by atoms with Crippen molar-refractivity contribution < 1.29 is 13.9 Å². The summed E-state index contributed by atoms with van der Waals surface area (Å²) in [5, 5.41) is 15.1. The molecule has 2 heterocycles. The zero-order chi connectivity index (χ0) is 20.6. The van der Waals surface area contributed by atoms with E-state index in [-0.39, 0.29) is 17.6 Å². The third kappa shape index (κ3) is 5.75. The molecule has 0 aliphatic rings. The molecule has 0 aliphatic heterocycles. The fourth-order valence-corrected chi connectivity index (χ4v) is 2.94. The second-order valence-corrected chi connectivity index (χ2v) is 6.85. The Bertz CT molecular complexity index is 982. The lowest BCUT2D eigenvalue weighted by Crippen LogP contribution is -2.25. The maximum absolute atomic E-state index is 12.1. The summed E-state index contributed by atoms with van der Waals surface area (Å²) in [4.78, 5) is 12.1. The van der Waals surface area contributed by atoms with E-state index in [1.807, 2.05) is 37.3 Å². The molecule has 0 fully saturated rings. The normalized spacial score (nSPS) is 11.0. The van der Waals surface area contributed by atoms with Gasteiger partial charge in [-0.1, -0.05) is 23.9 Å². The van der Waals surface area contributed by atoms with Crippen LogP contribution in [0, 0.1) is 6.92 Å². The van der Waals surface area contributed by atoms with Crippen LogP contribution in [0.1, 0.15) is 17.1 Å². The van der Waals surface area contributed by atoms with Gasteiger partial charge in [0.2, 0.25) is 11.1 Å². The molecule has 1 aromatic carbocycles. The second-order valence-electron chi connectivity index (χ2n) is 5.91. The van der Waals surface area contributed by atoms with E-state index in [4.69, 9.17) is 15.0 Å². The highest BCUT2D eigenvalue weighted by Gasteiger charge is 2.12. The van der Waals surface area contributed by atoms with Crippen LogP contribution in [-0.4, -0.2) is 39.9 Å². The number of aryl methyl sites for hydroxylation is 1. The molecule has 0 radical (unpaired) electrons. The van der Waals surface area contributed by atoms with Crippen molar-refractivity contribution >= 4 is 29.8 Å². The Morgan fingerprint density at radius 1 is 1.31 bits per heavy atom. The minimum absolute atomic E-state index is 0.144. The van der Waals surface area contributed by atoms with Crippen LogP contribution in [0.4, 0.5) is 5.95 Å². The number of furan rings is 1. The van der Waals surface area contributed by atoms with Gasteiger partial charge in [-0.3, -0.25) is 4.79 Å². The number of thioether (sulfide) groups is 1. The number of carbonyl (C=O) groups is 1. The molecule has 4 N–H and O–H groups in total. The predicted octanol–water partition coefficient (Wildman–Crippen LogP) is 1.76. The van der Waals surface area contributed by atoms with Gasteiger partial charge in [0, 0.05) is 6.54 Å². The van der Waals surface area contributed by atoms with Crippen molar-refractivity contribution in [3.05, 3.63) is 53.5 Å². The van der Waals surface area contributed by atoms with Crippen molar-refractivity contribution in [3.8, 4) is 5.75 Å². The Morgan fingerprint density at radius 2 is 2.10 bits per heavy atom. The first-order valence-corrected chi connectivity index (χ1v) is 9.62. The number of rotatable bonds is 9. The van der Waals surface area contributed by atoms with Gasteiger partial charge < -0.3 is 20.3 Å². The number of amides is 1. The first-order chi connectivity index (χ1) is 14.0. The minimum atomic E-state index is -0.144. The summed E-state index contributed by atoms with van der Waals surface area (Å²) in [6.07, 6.45) is 1.50. The van der Waals surface area contributed by atoms with E-state index in [0.29, 0.717) is 17.5 Å². The number of methoxy groups -OCH3 is 1. The maximum Gasteiger partial charge on any atom is 0.264 e. The molecule has 0 unspecified atom stereocenters. The summed E-state index contributed by atoms with van der Waals surface area (Å²) in [6, 6.07) is 11.1. The fourth-order valence-electron chi connectivity index (χ4n) is 2.25. The van der Waals surface area contributed by atoms with Gasteiger partial charge in [0.15, 0.2) is 0 Å². The molecule has 0 aliphatic carbocycles. The lowest BCUT2D eigenvalue weighted by atomic mass is 10.2. The van der Waals surface area contributed by atoms with Crippen LogP contribution in [0.5, 0.6) is 5.75 Å². The van der Waals surface area contributed by atoms with E-state index in [0.717, 1.165) is 17.1 Å². The van der Waals surface area contributed by atoms with Crippen LogP contribution in [0.15, 0.2) is 51.1 Å². The maximum atomic E-state index is 12.1. The van der Waals surface area contributed by atoms with Crippen molar-refractivity contribution in [1.82, 2.24) is 20.2 Å². The van der Waals surface area contributed by atoms with Crippen LogP contribution in [0.2, 0.25) is 0 Å². The van der Waals surface area contributed by atoms with Gasteiger partial charge in [0.05, 0.1) is 19.1 Å². The van der Waals surface area contributed by atoms with Crippen molar-refractivity contribution in [1.29, 1.82) is 0 Å². The number of hydrogen-bond donors (Lipinski definition) is 3. The van der Waals surface area contributed by atoms with E-state index in [1.165, 1.54) is 22.7 Å². The predicted molar refractivity (Wildman–Crippen MR) is 110 cm³/mol. The standard InChI is InChI=1S/C18H21N7O3S/c1-12-3-6-15(28-12)10-21-22-17-23-24-18(25(17)19)29-11-16(26)20-9-13-4-7-14(27-2)8-5-13/h3-8,10H,9,11,19H2,1-2H3,(H,20,26)(H,22,23)/b21-10+. The molecule has 10 nitrogen and oxygen atoms in total. The third-order valence-electron chi connectivity index (χ3n) is 3.76. The summed E-state index contributed by atoms with van der Waals surface area (Å²) in [5.74, 6) is 8.34. The van der Waals surface area contributed by atoms with E-state index in [9.17, 15) is 4.79 Å². The van der Waals surface area contributed by atoms with Gasteiger partial charge >= 0.3 is 0 Å². The molecule has 11 heteroatoms. The lowest BCUT2D eigenvalue weighted by Gasteiger charge is -2.06. The van der Waals surface area contributed by atoms with Gasteiger partial charge in [0.25, 0.3) is 5.95 Å². The van der Waals surface area contributed by atoms with Gasteiger partial charge in [-0.05, 0) is 36.8 Å². The summed E-state index contributed by atoms with van der Waals surface area (Å²) in [6.45, 7) is 2.27. The van der Waals surface area contributed by atoms with Crippen LogP contribution in [-0.2, 0) is 11.3 Å². The number of anilines is 1. The average Bonchev–Trinajstić information content (AvgIpc) is 3.30. The highest BCUT2D eigenvalue weighted by molar-refractivity contribution is 7.99. The molecule has 1 amide bonds. The monoisotopic (exact) mass is 415 g/mol. The topological polar surface area (TPSA) is 133 Å². The quantitative estimate of drug-likeness (QED) is 0.208. The first kappa shape index (κ1) is 20.3. The molecule has 29 heavy (non-hydrogen) atoms. The zero-order valence-corrected chi connectivity index (χ0v) is 16.8. The largest absolute Gasteiger partial charge is 0.497 e. The Hall–Kier alpha value is -3.47. The Labute approximate surface area is 171 Å². The number of hydrogen-bond acceptors (Lipinski definition) is 9. The van der Waals surface area contributed by atoms with Crippen LogP contribution >= 0.6 is 11.8 Å². The van der Waals surface area contributed by atoms with E-state index in [2.05, 4.69) is 26.0 Å². The van der Waals surface area contributed by atoms with E-state index < -0.39 is 0 Å². The van der Waals surface area contributed by atoms with Crippen molar-refractivity contribution in [3.63, 3.8) is 0 Å². The van der Waals surface area contributed by atoms with Crippen molar-refractivity contribution in [2.45, 2.75) is 18.6 Å². The van der Waals surface area contributed by atoms with E-state index >= 15 is 0 Å². The summed E-state index contributed by atoms with van der Waals surface area (Å²) in [7, 11) is 1.61. The molecule has 0 saturated carbocycles.